The van der Waals surface area contributed by atoms with Crippen LogP contribution in [-0.2, 0) is 4.74 Å². The van der Waals surface area contributed by atoms with E-state index in [1.165, 1.54) is 0 Å². The quantitative estimate of drug-likeness (QED) is 0.779. The number of fused-ring (bicyclic) bond motifs is 1. The Hall–Kier alpha value is -2.34. The van der Waals surface area contributed by atoms with Crippen molar-refractivity contribution in [1.82, 2.24) is 9.38 Å². The minimum atomic E-state index is -1.01. The van der Waals surface area contributed by atoms with Crippen LogP contribution in [-0.4, -0.2) is 47.3 Å². The Bertz CT molecular complexity index is 621. The molecular formula is C14H17N3O3. The van der Waals surface area contributed by atoms with Crippen molar-refractivity contribution in [3.05, 3.63) is 42.7 Å². The lowest BCUT2D eigenvalue weighted by Crippen LogP contribution is -2.29. The maximum absolute atomic E-state index is 11.5. The van der Waals surface area contributed by atoms with Crippen LogP contribution < -0.4 is 4.90 Å². The van der Waals surface area contributed by atoms with Crippen LogP contribution in [0.5, 0.6) is 0 Å². The molecular weight excluding hydrogens is 258 g/mol. The predicted octanol–water partition coefficient (Wildman–Crippen LogP) is 1.67. The van der Waals surface area contributed by atoms with Crippen molar-refractivity contribution in [3.63, 3.8) is 0 Å². The van der Waals surface area contributed by atoms with Crippen molar-refractivity contribution in [2.75, 3.05) is 31.7 Å². The largest absolute Gasteiger partial charge is 0.476 e. The van der Waals surface area contributed by atoms with Crippen molar-refractivity contribution in [3.8, 4) is 0 Å². The topological polar surface area (TPSA) is 67.1 Å². The fourth-order valence-electron chi connectivity index (χ4n) is 2.04. The lowest BCUT2D eigenvalue weighted by Gasteiger charge is -2.20. The first-order valence-corrected chi connectivity index (χ1v) is 6.24. The summed E-state index contributed by atoms with van der Waals surface area (Å²) in [5, 5.41) is 9.45. The van der Waals surface area contributed by atoms with E-state index in [2.05, 4.69) is 11.6 Å². The maximum Gasteiger partial charge on any atom is 0.356 e. The zero-order valence-corrected chi connectivity index (χ0v) is 11.3. The molecule has 6 nitrogen and oxygen atoms in total. The molecule has 2 rings (SSSR count). The molecule has 0 spiro atoms. The summed E-state index contributed by atoms with van der Waals surface area (Å²) >= 11 is 0. The third kappa shape index (κ3) is 2.65. The zero-order chi connectivity index (χ0) is 14.5. The van der Waals surface area contributed by atoms with E-state index in [4.69, 9.17) is 4.74 Å². The minimum absolute atomic E-state index is 0.151. The molecule has 0 aliphatic carbocycles. The molecule has 0 saturated carbocycles. The number of pyridine rings is 1. The smallest absolute Gasteiger partial charge is 0.356 e. The van der Waals surface area contributed by atoms with Gasteiger partial charge >= 0.3 is 5.97 Å². The van der Waals surface area contributed by atoms with E-state index in [-0.39, 0.29) is 5.69 Å². The normalized spacial score (nSPS) is 10.7. The van der Waals surface area contributed by atoms with Gasteiger partial charge < -0.3 is 14.7 Å². The van der Waals surface area contributed by atoms with Gasteiger partial charge in [-0.05, 0) is 12.1 Å². The molecule has 0 saturated heterocycles. The number of carboxylic acid groups (broad SMARTS) is 1. The van der Waals surface area contributed by atoms with Gasteiger partial charge in [-0.15, -0.1) is 6.58 Å². The Morgan fingerprint density at radius 1 is 1.60 bits per heavy atom. The number of nitrogens with zero attached hydrogens (tertiary/aromatic N) is 3. The molecule has 20 heavy (non-hydrogen) atoms. The lowest BCUT2D eigenvalue weighted by molar-refractivity contribution is 0.0690. The molecule has 0 bridgehead atoms. The van der Waals surface area contributed by atoms with Crippen molar-refractivity contribution in [2.24, 2.45) is 0 Å². The Kier molecular flexibility index (Phi) is 4.37. The number of aromatic nitrogens is 2. The van der Waals surface area contributed by atoms with E-state index in [1.54, 1.807) is 35.9 Å². The van der Waals surface area contributed by atoms with Crippen LogP contribution in [0.1, 0.15) is 10.5 Å². The van der Waals surface area contributed by atoms with Crippen LogP contribution in [0.25, 0.3) is 5.65 Å². The van der Waals surface area contributed by atoms with Crippen molar-refractivity contribution in [1.29, 1.82) is 0 Å². The van der Waals surface area contributed by atoms with Gasteiger partial charge in [0, 0.05) is 26.4 Å². The molecule has 0 unspecified atom stereocenters. The average Bonchev–Trinajstić information content (AvgIpc) is 2.82. The molecule has 0 atom stereocenters. The first-order valence-electron chi connectivity index (χ1n) is 6.24. The molecule has 0 fully saturated rings. The third-order valence-corrected chi connectivity index (χ3v) is 2.93. The molecule has 0 radical (unpaired) electrons. The van der Waals surface area contributed by atoms with Crippen LogP contribution >= 0.6 is 0 Å². The van der Waals surface area contributed by atoms with Crippen molar-refractivity contribution < 1.29 is 14.6 Å². The summed E-state index contributed by atoms with van der Waals surface area (Å²) in [5.74, 6) is -0.578. The Morgan fingerprint density at radius 2 is 2.40 bits per heavy atom. The minimum Gasteiger partial charge on any atom is -0.476 e. The highest BCUT2D eigenvalue weighted by atomic mass is 16.5. The number of hydrogen-bond acceptors (Lipinski definition) is 4. The highest BCUT2D eigenvalue weighted by Gasteiger charge is 2.22. The highest BCUT2D eigenvalue weighted by Crippen LogP contribution is 2.21. The summed E-state index contributed by atoms with van der Waals surface area (Å²) in [6.45, 7) is 5.24. The second-order valence-corrected chi connectivity index (χ2v) is 4.25. The van der Waals surface area contributed by atoms with E-state index in [1.807, 2.05) is 11.0 Å². The molecule has 0 aliphatic rings. The monoisotopic (exact) mass is 275 g/mol. The summed E-state index contributed by atoms with van der Waals surface area (Å²) in [6, 6.07) is 5.38. The Labute approximate surface area is 116 Å². The first-order chi connectivity index (χ1) is 9.69. The van der Waals surface area contributed by atoms with Crippen LogP contribution in [0.2, 0.25) is 0 Å². The number of imidazole rings is 1. The van der Waals surface area contributed by atoms with E-state index in [9.17, 15) is 9.90 Å². The summed E-state index contributed by atoms with van der Waals surface area (Å²) in [5.41, 5.74) is 0.755. The van der Waals surface area contributed by atoms with Crippen LogP contribution in [0.3, 0.4) is 0 Å². The molecule has 0 aliphatic heterocycles. The molecule has 2 aromatic heterocycles. The fraction of sp³-hybridized carbons (Fsp3) is 0.286. The number of ether oxygens (including phenoxy) is 1. The third-order valence-electron chi connectivity index (χ3n) is 2.93. The van der Waals surface area contributed by atoms with Gasteiger partial charge in [-0.25, -0.2) is 9.78 Å². The summed E-state index contributed by atoms with van der Waals surface area (Å²) in [6.07, 6.45) is 3.41. The van der Waals surface area contributed by atoms with Gasteiger partial charge in [0.05, 0.1) is 6.61 Å². The molecule has 0 aromatic carbocycles. The second-order valence-electron chi connectivity index (χ2n) is 4.25. The number of carboxylic acids is 1. The molecule has 2 aromatic rings. The summed E-state index contributed by atoms with van der Waals surface area (Å²) in [7, 11) is 1.61. The van der Waals surface area contributed by atoms with E-state index in [0.717, 1.165) is 0 Å². The van der Waals surface area contributed by atoms with E-state index >= 15 is 0 Å². The summed E-state index contributed by atoms with van der Waals surface area (Å²) in [4.78, 5) is 17.8. The predicted molar refractivity (Wildman–Crippen MR) is 76.4 cm³/mol. The maximum atomic E-state index is 11.5. The van der Waals surface area contributed by atoms with Gasteiger partial charge in [-0.2, -0.15) is 0 Å². The van der Waals surface area contributed by atoms with Gasteiger partial charge in [-0.3, -0.25) is 4.40 Å². The number of anilines is 1. The van der Waals surface area contributed by atoms with Gasteiger partial charge in [0.1, 0.15) is 5.65 Å². The molecule has 2 heterocycles. The summed E-state index contributed by atoms with van der Waals surface area (Å²) < 4.78 is 6.63. The Morgan fingerprint density at radius 3 is 3.05 bits per heavy atom. The molecule has 0 amide bonds. The lowest BCUT2D eigenvalue weighted by atomic mass is 10.3. The van der Waals surface area contributed by atoms with Crippen molar-refractivity contribution in [2.45, 2.75) is 0 Å². The number of rotatable bonds is 7. The van der Waals surface area contributed by atoms with Gasteiger partial charge in [0.25, 0.3) is 0 Å². The highest BCUT2D eigenvalue weighted by molar-refractivity contribution is 5.93. The zero-order valence-electron chi connectivity index (χ0n) is 11.3. The average molecular weight is 275 g/mol. The first kappa shape index (κ1) is 14.1. The number of aromatic carboxylic acids is 1. The molecule has 1 N–H and O–H groups in total. The standard InChI is InChI=1S/C14H17N3O3/c1-3-7-16(9-10-20-2)13-12(14(18)19)17-8-5-4-6-11(17)15-13/h3-6,8H,1,7,9-10H2,2H3,(H,18,19). The van der Waals surface area contributed by atoms with Crippen LogP contribution in [0, 0.1) is 0 Å². The van der Waals surface area contributed by atoms with Crippen LogP contribution in [0.4, 0.5) is 5.82 Å². The van der Waals surface area contributed by atoms with Gasteiger partial charge in [-0.1, -0.05) is 12.1 Å². The fourth-order valence-corrected chi connectivity index (χ4v) is 2.04. The Balaban J connectivity index is 2.52. The second kappa shape index (κ2) is 6.21. The molecule has 106 valence electrons. The number of hydrogen-bond donors (Lipinski definition) is 1. The number of carbonyl (C=O) groups is 1. The van der Waals surface area contributed by atoms with Crippen molar-refractivity contribution >= 4 is 17.4 Å². The van der Waals surface area contributed by atoms with Crippen LogP contribution in [0.15, 0.2) is 37.1 Å². The SMILES string of the molecule is C=CCN(CCOC)c1nc2ccccn2c1C(=O)O. The van der Waals surface area contributed by atoms with Gasteiger partial charge in [0.2, 0.25) is 0 Å². The molecule has 6 heteroatoms. The van der Waals surface area contributed by atoms with Gasteiger partial charge in [0.15, 0.2) is 11.5 Å². The van der Waals surface area contributed by atoms with E-state index in [0.29, 0.717) is 31.2 Å². The number of methoxy groups -OCH3 is 1. The van der Waals surface area contributed by atoms with E-state index < -0.39 is 5.97 Å².